The van der Waals surface area contributed by atoms with Gasteiger partial charge >= 0.3 is 5.97 Å². The highest BCUT2D eigenvalue weighted by Gasteiger charge is 2.51. The third kappa shape index (κ3) is 2.28. The third-order valence-corrected chi connectivity index (χ3v) is 5.72. The maximum Gasteiger partial charge on any atom is 0.326 e. The number of para-hydroxylation sites is 1. The topological polar surface area (TPSA) is 86.7 Å². The number of nitrogens with zero attached hydrogens (tertiary/aromatic N) is 1. The molecule has 2 N–H and O–H groups in total. The lowest BCUT2D eigenvalue weighted by Crippen LogP contribution is -2.46. The highest BCUT2D eigenvalue weighted by atomic mass is 16.4. The largest absolute Gasteiger partial charge is 0.480 e. The quantitative estimate of drug-likeness (QED) is 0.867. The summed E-state index contributed by atoms with van der Waals surface area (Å²) in [5.41, 5.74) is 1.43. The number of aliphatic carboxylic acids is 1. The summed E-state index contributed by atoms with van der Waals surface area (Å²) < 4.78 is 0. The van der Waals surface area contributed by atoms with Crippen molar-refractivity contribution in [3.05, 3.63) is 29.8 Å². The average Bonchev–Trinajstić information content (AvgIpc) is 3.13. The zero-order valence-electron chi connectivity index (χ0n) is 13.3. The lowest BCUT2D eigenvalue weighted by Gasteiger charge is -2.31. The predicted molar refractivity (Wildman–Crippen MR) is 86.4 cm³/mol. The van der Waals surface area contributed by atoms with E-state index in [4.69, 9.17) is 0 Å². The summed E-state index contributed by atoms with van der Waals surface area (Å²) in [6.45, 7) is 0.501. The zero-order valence-corrected chi connectivity index (χ0v) is 13.3. The van der Waals surface area contributed by atoms with Crippen molar-refractivity contribution in [1.29, 1.82) is 0 Å². The van der Waals surface area contributed by atoms with Gasteiger partial charge in [-0.15, -0.1) is 0 Å². The number of hydrogen-bond acceptors (Lipinski definition) is 3. The summed E-state index contributed by atoms with van der Waals surface area (Å²) >= 11 is 0. The molecule has 4 unspecified atom stereocenters. The van der Waals surface area contributed by atoms with E-state index in [1.807, 2.05) is 18.2 Å². The van der Waals surface area contributed by atoms with E-state index >= 15 is 0 Å². The van der Waals surface area contributed by atoms with Crippen LogP contribution in [0.4, 0.5) is 5.69 Å². The Balaban J connectivity index is 1.66. The monoisotopic (exact) mass is 328 g/mol. The summed E-state index contributed by atoms with van der Waals surface area (Å²) in [5.74, 6) is -1.60. The van der Waals surface area contributed by atoms with Crippen molar-refractivity contribution in [2.45, 2.75) is 37.6 Å². The number of hydrogen-bond donors (Lipinski definition) is 2. The van der Waals surface area contributed by atoms with E-state index in [1.54, 1.807) is 6.07 Å². The molecule has 24 heavy (non-hydrogen) atoms. The molecule has 1 aromatic carbocycles. The lowest BCUT2D eigenvalue weighted by molar-refractivity contribution is -0.150. The van der Waals surface area contributed by atoms with E-state index < -0.39 is 17.9 Å². The van der Waals surface area contributed by atoms with Gasteiger partial charge in [0.25, 0.3) is 0 Å². The van der Waals surface area contributed by atoms with Crippen molar-refractivity contribution in [3.63, 3.8) is 0 Å². The normalized spacial score (nSPS) is 31.3. The molecule has 2 heterocycles. The summed E-state index contributed by atoms with van der Waals surface area (Å²) in [6.07, 6.45) is 2.97. The molecule has 2 aliphatic heterocycles. The number of rotatable bonds is 2. The minimum absolute atomic E-state index is 0.0547. The molecular formula is C18H20N2O4. The molecule has 4 rings (SSSR count). The first kappa shape index (κ1) is 15.2. The molecule has 2 amide bonds. The molecule has 126 valence electrons. The van der Waals surface area contributed by atoms with Crippen LogP contribution in [0, 0.1) is 11.8 Å². The number of anilines is 1. The molecule has 6 nitrogen and oxygen atoms in total. The van der Waals surface area contributed by atoms with E-state index in [2.05, 4.69) is 5.32 Å². The van der Waals surface area contributed by atoms with Crippen LogP contribution >= 0.6 is 0 Å². The Bertz CT molecular complexity index is 717. The number of nitrogens with one attached hydrogen (secondary N) is 1. The van der Waals surface area contributed by atoms with Crippen molar-refractivity contribution in [2.24, 2.45) is 11.8 Å². The number of carbonyl (C=O) groups excluding carboxylic acids is 2. The van der Waals surface area contributed by atoms with Gasteiger partial charge in [-0.1, -0.05) is 24.6 Å². The predicted octanol–water partition coefficient (Wildman–Crippen LogP) is 1.82. The highest BCUT2D eigenvalue weighted by Crippen LogP contribution is 2.44. The number of fused-ring (bicyclic) bond motifs is 2. The maximum absolute atomic E-state index is 13.1. The Morgan fingerprint density at radius 2 is 2.00 bits per heavy atom. The molecule has 4 atom stereocenters. The first-order chi connectivity index (χ1) is 11.6. The molecule has 1 aromatic rings. The average molecular weight is 328 g/mol. The van der Waals surface area contributed by atoms with Crippen LogP contribution < -0.4 is 5.32 Å². The molecule has 2 fully saturated rings. The van der Waals surface area contributed by atoms with E-state index in [0.29, 0.717) is 12.2 Å². The van der Waals surface area contributed by atoms with Gasteiger partial charge in [-0.05, 0) is 36.3 Å². The molecule has 6 heteroatoms. The van der Waals surface area contributed by atoms with E-state index in [9.17, 15) is 19.5 Å². The SMILES string of the molecule is O=C1CC(C(=O)N2CC3CCCC3C2C(=O)O)c2ccccc2N1. The lowest BCUT2D eigenvalue weighted by atomic mass is 9.88. The van der Waals surface area contributed by atoms with Crippen molar-refractivity contribution in [2.75, 3.05) is 11.9 Å². The van der Waals surface area contributed by atoms with Gasteiger partial charge < -0.3 is 15.3 Å². The third-order valence-electron chi connectivity index (χ3n) is 5.72. The summed E-state index contributed by atoms with van der Waals surface area (Å²) in [7, 11) is 0. The van der Waals surface area contributed by atoms with Crippen molar-refractivity contribution >= 4 is 23.5 Å². The summed E-state index contributed by atoms with van der Waals surface area (Å²) in [6, 6.07) is 6.52. The molecule has 0 bridgehead atoms. The van der Waals surface area contributed by atoms with Crippen molar-refractivity contribution in [1.82, 2.24) is 4.90 Å². The zero-order chi connectivity index (χ0) is 16.8. The van der Waals surface area contributed by atoms with Crippen LogP contribution in [0.1, 0.15) is 37.2 Å². The second-order valence-electron chi connectivity index (χ2n) is 7.02. The van der Waals surface area contributed by atoms with Crippen LogP contribution in [0.3, 0.4) is 0 Å². The summed E-state index contributed by atoms with van der Waals surface area (Å²) in [4.78, 5) is 38.4. The molecule has 3 aliphatic rings. The number of likely N-dealkylation sites (tertiary alicyclic amines) is 1. The van der Waals surface area contributed by atoms with Crippen molar-refractivity contribution in [3.8, 4) is 0 Å². The minimum atomic E-state index is -0.925. The van der Waals surface area contributed by atoms with Gasteiger partial charge in [0.1, 0.15) is 6.04 Å². The second-order valence-corrected chi connectivity index (χ2v) is 7.02. The summed E-state index contributed by atoms with van der Waals surface area (Å²) in [5, 5.41) is 12.4. The number of benzene rings is 1. The van der Waals surface area contributed by atoms with Gasteiger partial charge in [0, 0.05) is 18.7 Å². The van der Waals surface area contributed by atoms with Crippen LogP contribution in [0.15, 0.2) is 24.3 Å². The Labute approximate surface area is 139 Å². The molecule has 0 radical (unpaired) electrons. The van der Waals surface area contributed by atoms with Crippen LogP contribution in [0.5, 0.6) is 0 Å². The Morgan fingerprint density at radius 1 is 1.21 bits per heavy atom. The van der Waals surface area contributed by atoms with Crippen LogP contribution in [-0.2, 0) is 14.4 Å². The molecule has 1 saturated carbocycles. The number of carboxylic acid groups (broad SMARTS) is 1. The van der Waals surface area contributed by atoms with Crippen LogP contribution in [0.2, 0.25) is 0 Å². The Hall–Kier alpha value is -2.37. The second kappa shape index (κ2) is 5.61. The van der Waals surface area contributed by atoms with E-state index in [0.717, 1.165) is 24.8 Å². The first-order valence-electron chi connectivity index (χ1n) is 8.48. The van der Waals surface area contributed by atoms with Gasteiger partial charge in [-0.3, -0.25) is 9.59 Å². The van der Waals surface area contributed by atoms with Gasteiger partial charge in [0.2, 0.25) is 11.8 Å². The van der Waals surface area contributed by atoms with Crippen molar-refractivity contribution < 1.29 is 19.5 Å². The fraction of sp³-hybridized carbons (Fsp3) is 0.500. The smallest absolute Gasteiger partial charge is 0.326 e. The van der Waals surface area contributed by atoms with E-state index in [1.165, 1.54) is 4.90 Å². The molecule has 0 spiro atoms. The maximum atomic E-state index is 13.1. The first-order valence-corrected chi connectivity index (χ1v) is 8.48. The van der Waals surface area contributed by atoms with Gasteiger partial charge in [0.15, 0.2) is 0 Å². The Kier molecular flexibility index (Phi) is 3.55. The Morgan fingerprint density at radius 3 is 2.79 bits per heavy atom. The standard InChI is InChI=1S/C18H20N2O4/c21-15-8-13(12-5-1-2-7-14(12)19-15)17(22)20-9-10-4-3-6-11(10)16(20)18(23)24/h1-2,5,7,10-11,13,16H,3-4,6,8-9H2,(H,19,21)(H,23,24). The highest BCUT2D eigenvalue weighted by molar-refractivity contribution is 6.01. The van der Waals surface area contributed by atoms with Gasteiger partial charge in [0.05, 0.1) is 5.92 Å². The number of amides is 2. The minimum Gasteiger partial charge on any atom is -0.480 e. The fourth-order valence-corrected chi connectivity index (χ4v) is 4.68. The molecule has 1 saturated heterocycles. The number of carbonyl (C=O) groups is 3. The number of carboxylic acids is 1. The fourth-order valence-electron chi connectivity index (χ4n) is 4.68. The van der Waals surface area contributed by atoms with Crippen LogP contribution in [-0.4, -0.2) is 40.4 Å². The van der Waals surface area contributed by atoms with Gasteiger partial charge in [-0.25, -0.2) is 4.79 Å². The van der Waals surface area contributed by atoms with Gasteiger partial charge in [-0.2, -0.15) is 0 Å². The van der Waals surface area contributed by atoms with Crippen LogP contribution in [0.25, 0.3) is 0 Å². The molecule has 1 aliphatic carbocycles. The molecule has 0 aromatic heterocycles. The molecular weight excluding hydrogens is 308 g/mol. The van der Waals surface area contributed by atoms with E-state index in [-0.39, 0.29) is 30.1 Å².